The number of hydrogen-bond donors (Lipinski definition) is 0. The third kappa shape index (κ3) is 3.10. The first-order valence-corrected chi connectivity index (χ1v) is 6.43. The highest BCUT2D eigenvalue weighted by molar-refractivity contribution is 5.81. The SMILES string of the molecule is CC1=CC(C(=O)N(C(C)C)C(C)C)CCC1. The summed E-state index contributed by atoms with van der Waals surface area (Å²) in [5.74, 6) is 0.433. The Morgan fingerprint density at radius 1 is 1.31 bits per heavy atom. The van der Waals surface area contributed by atoms with Crippen molar-refractivity contribution in [2.45, 2.75) is 66.0 Å². The van der Waals surface area contributed by atoms with Gasteiger partial charge in [0.1, 0.15) is 0 Å². The van der Waals surface area contributed by atoms with Crippen molar-refractivity contribution >= 4 is 5.91 Å². The maximum atomic E-state index is 12.4. The quantitative estimate of drug-likeness (QED) is 0.672. The van der Waals surface area contributed by atoms with Gasteiger partial charge in [-0.2, -0.15) is 0 Å². The number of carbonyl (C=O) groups is 1. The van der Waals surface area contributed by atoms with Crippen LogP contribution in [0.1, 0.15) is 53.9 Å². The largest absolute Gasteiger partial charge is 0.337 e. The fourth-order valence-corrected chi connectivity index (χ4v) is 2.60. The highest BCUT2D eigenvalue weighted by atomic mass is 16.2. The second-order valence-corrected chi connectivity index (χ2v) is 5.44. The molecule has 2 heteroatoms. The Morgan fingerprint density at radius 2 is 1.88 bits per heavy atom. The molecular weight excluding hydrogens is 198 g/mol. The Hall–Kier alpha value is -0.790. The Labute approximate surface area is 99.7 Å². The summed E-state index contributed by atoms with van der Waals surface area (Å²) in [6, 6.07) is 0.589. The van der Waals surface area contributed by atoms with Gasteiger partial charge in [-0.05, 0) is 53.9 Å². The summed E-state index contributed by atoms with van der Waals surface area (Å²) in [7, 11) is 0. The zero-order valence-corrected chi connectivity index (χ0v) is 11.3. The van der Waals surface area contributed by atoms with E-state index in [-0.39, 0.29) is 5.92 Å². The van der Waals surface area contributed by atoms with Crippen LogP contribution in [-0.2, 0) is 4.79 Å². The average Bonchev–Trinajstić information content (AvgIpc) is 2.16. The number of amides is 1. The van der Waals surface area contributed by atoms with Crippen LogP contribution in [0, 0.1) is 5.92 Å². The molecule has 0 fully saturated rings. The van der Waals surface area contributed by atoms with Gasteiger partial charge in [0.2, 0.25) is 5.91 Å². The molecule has 1 aliphatic carbocycles. The molecule has 16 heavy (non-hydrogen) atoms. The monoisotopic (exact) mass is 223 g/mol. The third-order valence-electron chi connectivity index (χ3n) is 3.26. The smallest absolute Gasteiger partial charge is 0.229 e. The molecule has 1 amide bonds. The summed E-state index contributed by atoms with van der Waals surface area (Å²) < 4.78 is 0. The van der Waals surface area contributed by atoms with Crippen LogP contribution in [0.25, 0.3) is 0 Å². The molecule has 0 radical (unpaired) electrons. The Kier molecular flexibility index (Phi) is 4.57. The summed E-state index contributed by atoms with van der Waals surface area (Å²) in [6.07, 6.45) is 5.51. The normalized spacial score (nSPS) is 21.2. The van der Waals surface area contributed by atoms with Crippen molar-refractivity contribution in [1.82, 2.24) is 4.90 Å². The molecule has 0 saturated heterocycles. The van der Waals surface area contributed by atoms with E-state index in [9.17, 15) is 4.79 Å². The third-order valence-corrected chi connectivity index (χ3v) is 3.26. The molecule has 1 aliphatic rings. The van der Waals surface area contributed by atoms with Gasteiger partial charge in [-0.1, -0.05) is 11.6 Å². The number of rotatable bonds is 3. The predicted molar refractivity (Wildman–Crippen MR) is 68.2 cm³/mol. The topological polar surface area (TPSA) is 20.3 Å². The van der Waals surface area contributed by atoms with Gasteiger partial charge in [-0.25, -0.2) is 0 Å². The lowest BCUT2D eigenvalue weighted by atomic mass is 9.89. The molecule has 1 rings (SSSR count). The first-order chi connectivity index (χ1) is 7.43. The van der Waals surface area contributed by atoms with E-state index in [1.54, 1.807) is 0 Å². The van der Waals surface area contributed by atoms with Crippen molar-refractivity contribution in [2.24, 2.45) is 5.92 Å². The Balaban J connectivity index is 2.78. The molecule has 0 saturated carbocycles. The van der Waals surface area contributed by atoms with Crippen LogP contribution >= 0.6 is 0 Å². The molecule has 0 aromatic rings. The van der Waals surface area contributed by atoms with Crippen LogP contribution in [-0.4, -0.2) is 22.9 Å². The molecule has 1 atom stereocenters. The first-order valence-electron chi connectivity index (χ1n) is 6.43. The van der Waals surface area contributed by atoms with E-state index in [0.717, 1.165) is 19.3 Å². The molecule has 1 unspecified atom stereocenters. The summed E-state index contributed by atoms with van der Waals surface area (Å²) >= 11 is 0. The standard InChI is InChI=1S/C14H25NO/c1-10(2)15(11(3)4)14(16)13-8-6-7-12(5)9-13/h9-11,13H,6-8H2,1-5H3. The lowest BCUT2D eigenvalue weighted by Crippen LogP contribution is -2.45. The maximum Gasteiger partial charge on any atom is 0.229 e. The van der Waals surface area contributed by atoms with E-state index in [4.69, 9.17) is 0 Å². The van der Waals surface area contributed by atoms with Gasteiger partial charge in [-0.15, -0.1) is 0 Å². The number of hydrogen-bond acceptors (Lipinski definition) is 1. The second kappa shape index (κ2) is 5.51. The van der Waals surface area contributed by atoms with E-state index in [1.165, 1.54) is 5.57 Å². The van der Waals surface area contributed by atoms with Crippen molar-refractivity contribution in [2.75, 3.05) is 0 Å². The van der Waals surface area contributed by atoms with E-state index in [0.29, 0.717) is 18.0 Å². The van der Waals surface area contributed by atoms with Crippen LogP contribution in [0.3, 0.4) is 0 Å². The highest BCUT2D eigenvalue weighted by Crippen LogP contribution is 2.25. The van der Waals surface area contributed by atoms with Crippen LogP contribution in [0.5, 0.6) is 0 Å². The molecule has 0 heterocycles. The van der Waals surface area contributed by atoms with Crippen molar-refractivity contribution in [3.63, 3.8) is 0 Å². The maximum absolute atomic E-state index is 12.4. The van der Waals surface area contributed by atoms with Gasteiger partial charge in [0.15, 0.2) is 0 Å². The zero-order valence-electron chi connectivity index (χ0n) is 11.3. The molecule has 0 aliphatic heterocycles. The van der Waals surface area contributed by atoms with Crippen LogP contribution < -0.4 is 0 Å². The van der Waals surface area contributed by atoms with E-state index < -0.39 is 0 Å². The van der Waals surface area contributed by atoms with Gasteiger partial charge in [-0.3, -0.25) is 4.79 Å². The summed E-state index contributed by atoms with van der Waals surface area (Å²) in [4.78, 5) is 14.4. The van der Waals surface area contributed by atoms with Crippen LogP contribution in [0.15, 0.2) is 11.6 Å². The number of allylic oxidation sites excluding steroid dienone is 1. The molecule has 92 valence electrons. The van der Waals surface area contributed by atoms with E-state index in [2.05, 4.69) is 40.7 Å². The second-order valence-electron chi connectivity index (χ2n) is 5.44. The minimum atomic E-state index is 0.124. The molecule has 0 bridgehead atoms. The minimum Gasteiger partial charge on any atom is -0.337 e. The van der Waals surface area contributed by atoms with Crippen molar-refractivity contribution in [3.05, 3.63) is 11.6 Å². The lowest BCUT2D eigenvalue weighted by molar-refractivity contribution is -0.138. The summed E-state index contributed by atoms with van der Waals surface area (Å²) in [5.41, 5.74) is 1.37. The van der Waals surface area contributed by atoms with E-state index in [1.807, 2.05) is 4.90 Å². The zero-order chi connectivity index (χ0) is 12.3. The number of carbonyl (C=O) groups excluding carboxylic acids is 1. The molecule has 2 nitrogen and oxygen atoms in total. The molecular formula is C14H25NO. The molecule has 0 aromatic carbocycles. The fraction of sp³-hybridized carbons (Fsp3) is 0.786. The highest BCUT2D eigenvalue weighted by Gasteiger charge is 2.27. The molecule has 0 aromatic heterocycles. The van der Waals surface area contributed by atoms with Crippen LogP contribution in [0.2, 0.25) is 0 Å². The average molecular weight is 223 g/mol. The van der Waals surface area contributed by atoms with Gasteiger partial charge >= 0.3 is 0 Å². The Bertz CT molecular complexity index is 270. The Morgan fingerprint density at radius 3 is 2.31 bits per heavy atom. The minimum absolute atomic E-state index is 0.124. The van der Waals surface area contributed by atoms with Gasteiger partial charge in [0.25, 0.3) is 0 Å². The molecule has 0 N–H and O–H groups in total. The van der Waals surface area contributed by atoms with Gasteiger partial charge in [0.05, 0.1) is 5.92 Å². The lowest BCUT2D eigenvalue weighted by Gasteiger charge is -2.34. The van der Waals surface area contributed by atoms with Gasteiger partial charge < -0.3 is 4.90 Å². The van der Waals surface area contributed by atoms with Crippen molar-refractivity contribution in [1.29, 1.82) is 0 Å². The van der Waals surface area contributed by atoms with E-state index >= 15 is 0 Å². The molecule has 0 spiro atoms. The van der Waals surface area contributed by atoms with Gasteiger partial charge in [0, 0.05) is 12.1 Å². The number of nitrogens with zero attached hydrogens (tertiary/aromatic N) is 1. The predicted octanol–water partition coefficient (Wildman–Crippen LogP) is 3.38. The fourth-order valence-electron chi connectivity index (χ4n) is 2.60. The van der Waals surface area contributed by atoms with Crippen molar-refractivity contribution < 1.29 is 4.79 Å². The van der Waals surface area contributed by atoms with Crippen molar-refractivity contribution in [3.8, 4) is 0 Å². The summed E-state index contributed by atoms with van der Waals surface area (Å²) in [6.45, 7) is 10.5. The first kappa shape index (κ1) is 13.3. The summed E-state index contributed by atoms with van der Waals surface area (Å²) in [5, 5.41) is 0. The van der Waals surface area contributed by atoms with Crippen LogP contribution in [0.4, 0.5) is 0 Å².